The molecule has 0 aliphatic carbocycles. The van der Waals surface area contributed by atoms with Crippen LogP contribution >= 0.6 is 11.8 Å². The molecule has 20 heavy (non-hydrogen) atoms. The number of hydrogen-bond donors (Lipinski definition) is 1. The summed E-state index contributed by atoms with van der Waals surface area (Å²) in [5.74, 6) is -1.01. The van der Waals surface area contributed by atoms with E-state index in [1.54, 1.807) is 12.1 Å². The van der Waals surface area contributed by atoms with E-state index in [2.05, 4.69) is 0 Å². The summed E-state index contributed by atoms with van der Waals surface area (Å²) >= 11 is -0.0258. The highest BCUT2D eigenvalue weighted by atomic mass is 32.2. The topological polar surface area (TPSA) is 40.5 Å². The molecule has 1 aliphatic heterocycles. The van der Waals surface area contributed by atoms with Crippen LogP contribution in [0.5, 0.6) is 0 Å². The lowest BCUT2D eigenvalue weighted by Crippen LogP contribution is -2.32. The zero-order valence-electron chi connectivity index (χ0n) is 10.6. The molecule has 0 saturated heterocycles. The second-order valence-electron chi connectivity index (χ2n) is 4.53. The summed E-state index contributed by atoms with van der Waals surface area (Å²) in [6.07, 6.45) is 1.59. The quantitative estimate of drug-likeness (QED) is 0.925. The summed E-state index contributed by atoms with van der Waals surface area (Å²) in [5, 5.41) is 8.94. The van der Waals surface area contributed by atoms with Gasteiger partial charge < -0.3 is 10.0 Å². The van der Waals surface area contributed by atoms with Crippen LogP contribution in [0.4, 0.5) is 18.9 Å². The van der Waals surface area contributed by atoms with Gasteiger partial charge >= 0.3 is 11.5 Å². The Bertz CT molecular complexity index is 505. The zero-order valence-corrected chi connectivity index (χ0v) is 11.4. The molecule has 0 fully saturated rings. The van der Waals surface area contributed by atoms with E-state index in [9.17, 15) is 18.0 Å². The molecule has 0 bridgehead atoms. The third kappa shape index (κ3) is 3.82. The summed E-state index contributed by atoms with van der Waals surface area (Å²) in [7, 11) is 0. The van der Waals surface area contributed by atoms with Crippen LogP contribution in [0.15, 0.2) is 18.2 Å². The van der Waals surface area contributed by atoms with Crippen LogP contribution in [0.25, 0.3) is 0 Å². The van der Waals surface area contributed by atoms with Gasteiger partial charge in [-0.2, -0.15) is 13.2 Å². The molecule has 3 nitrogen and oxygen atoms in total. The predicted molar refractivity (Wildman–Crippen MR) is 72.4 cm³/mol. The molecule has 7 heteroatoms. The molecule has 1 aliphatic rings. The number of aromatic carboxylic acids is 1. The van der Waals surface area contributed by atoms with E-state index in [4.69, 9.17) is 5.11 Å². The van der Waals surface area contributed by atoms with Crippen molar-refractivity contribution < 1.29 is 23.1 Å². The fourth-order valence-electron chi connectivity index (χ4n) is 2.31. The maximum Gasteiger partial charge on any atom is 0.441 e. The van der Waals surface area contributed by atoms with Crippen LogP contribution in [0, 0.1) is 0 Å². The Hall–Kier alpha value is -1.37. The number of alkyl halides is 3. The van der Waals surface area contributed by atoms with Gasteiger partial charge in [-0.1, -0.05) is 0 Å². The number of carboxylic acids is 1. The normalized spacial score (nSPS) is 15.1. The predicted octanol–water partition coefficient (Wildman–Crippen LogP) is 3.39. The van der Waals surface area contributed by atoms with E-state index in [-0.39, 0.29) is 23.1 Å². The van der Waals surface area contributed by atoms with Crippen molar-refractivity contribution in [2.24, 2.45) is 0 Å². The van der Waals surface area contributed by atoms with Gasteiger partial charge in [0.2, 0.25) is 0 Å². The first-order valence-corrected chi connectivity index (χ1v) is 7.17. The maximum atomic E-state index is 12.1. The lowest BCUT2D eigenvalue weighted by Gasteiger charge is -2.31. The largest absolute Gasteiger partial charge is 0.478 e. The maximum absolute atomic E-state index is 12.1. The Labute approximate surface area is 118 Å². The first kappa shape index (κ1) is 15.0. The average molecular weight is 305 g/mol. The summed E-state index contributed by atoms with van der Waals surface area (Å²) in [5.41, 5.74) is -2.24. The van der Waals surface area contributed by atoms with Crippen LogP contribution < -0.4 is 4.90 Å². The summed E-state index contributed by atoms with van der Waals surface area (Å²) in [6, 6.07) is 4.80. The SMILES string of the molecule is O=C(O)c1ccc2c(c1)CCCN2CCSC(F)(F)F. The van der Waals surface area contributed by atoms with Crippen molar-refractivity contribution in [2.45, 2.75) is 18.3 Å². The molecule has 0 spiro atoms. The van der Waals surface area contributed by atoms with Crippen LogP contribution in [0.1, 0.15) is 22.3 Å². The van der Waals surface area contributed by atoms with Gasteiger partial charge in [-0.3, -0.25) is 0 Å². The Kier molecular flexibility index (Phi) is 4.47. The number of fused-ring (bicyclic) bond motifs is 1. The first-order valence-electron chi connectivity index (χ1n) is 6.19. The molecule has 0 atom stereocenters. The standard InChI is InChI=1S/C13H14F3NO2S/c14-13(15,16)20-7-6-17-5-1-2-9-8-10(12(18)19)3-4-11(9)17/h3-4,8H,1-2,5-7H2,(H,18,19). The number of halogens is 3. The Morgan fingerprint density at radius 2 is 2.15 bits per heavy atom. The van der Waals surface area contributed by atoms with Crippen molar-refractivity contribution in [3.8, 4) is 0 Å². The van der Waals surface area contributed by atoms with Crippen LogP contribution in [0.2, 0.25) is 0 Å². The van der Waals surface area contributed by atoms with Gasteiger partial charge in [0.15, 0.2) is 0 Å². The minimum absolute atomic E-state index is 0.0242. The number of aryl methyl sites for hydroxylation is 1. The zero-order chi connectivity index (χ0) is 14.8. The van der Waals surface area contributed by atoms with Gasteiger partial charge in [0.1, 0.15) is 0 Å². The average Bonchev–Trinajstić information content (AvgIpc) is 2.36. The second kappa shape index (κ2) is 5.95. The number of rotatable bonds is 4. The number of nitrogens with zero attached hydrogens (tertiary/aromatic N) is 1. The summed E-state index contributed by atoms with van der Waals surface area (Å²) < 4.78 is 36.4. The van der Waals surface area contributed by atoms with Crippen LogP contribution in [-0.4, -0.2) is 35.4 Å². The number of thioether (sulfide) groups is 1. The van der Waals surface area contributed by atoms with Crippen LogP contribution in [0.3, 0.4) is 0 Å². The first-order chi connectivity index (χ1) is 9.37. The summed E-state index contributed by atoms with van der Waals surface area (Å²) in [4.78, 5) is 12.8. The van der Waals surface area contributed by atoms with Gasteiger partial charge in [0.05, 0.1) is 5.56 Å². The van der Waals surface area contributed by atoms with E-state index in [0.29, 0.717) is 13.1 Å². The molecular weight excluding hydrogens is 291 g/mol. The second-order valence-corrected chi connectivity index (χ2v) is 5.69. The molecule has 0 saturated carbocycles. The van der Waals surface area contributed by atoms with Crippen LogP contribution in [-0.2, 0) is 6.42 Å². The molecule has 0 radical (unpaired) electrons. The van der Waals surface area contributed by atoms with Gasteiger partial charge in [0.25, 0.3) is 0 Å². The van der Waals surface area contributed by atoms with Crippen molar-refractivity contribution in [3.05, 3.63) is 29.3 Å². The molecule has 0 unspecified atom stereocenters. The third-order valence-electron chi connectivity index (χ3n) is 3.17. The fraction of sp³-hybridized carbons (Fsp3) is 0.462. The number of benzene rings is 1. The van der Waals surface area contributed by atoms with E-state index in [1.165, 1.54) is 6.07 Å². The fourth-order valence-corrected chi connectivity index (χ4v) is 2.86. The number of carboxylic acid groups (broad SMARTS) is 1. The van der Waals surface area contributed by atoms with Gasteiger partial charge in [-0.15, -0.1) is 0 Å². The highest BCUT2D eigenvalue weighted by Crippen LogP contribution is 2.32. The molecule has 1 N–H and O–H groups in total. The highest BCUT2D eigenvalue weighted by Gasteiger charge is 2.28. The van der Waals surface area contributed by atoms with Crippen molar-refractivity contribution >= 4 is 23.4 Å². The molecule has 110 valence electrons. The summed E-state index contributed by atoms with van der Waals surface area (Å²) in [6.45, 7) is 1.02. The van der Waals surface area contributed by atoms with Crippen molar-refractivity contribution in [2.75, 3.05) is 23.7 Å². The number of hydrogen-bond acceptors (Lipinski definition) is 3. The number of anilines is 1. The number of carbonyl (C=O) groups is 1. The molecule has 1 aromatic rings. The van der Waals surface area contributed by atoms with E-state index < -0.39 is 11.5 Å². The molecule has 1 heterocycles. The molecular formula is C13H14F3NO2S. The van der Waals surface area contributed by atoms with Crippen molar-refractivity contribution in [1.29, 1.82) is 0 Å². The minimum Gasteiger partial charge on any atom is -0.478 e. The Morgan fingerprint density at radius 3 is 2.80 bits per heavy atom. The van der Waals surface area contributed by atoms with Gasteiger partial charge in [-0.05, 0) is 48.4 Å². The van der Waals surface area contributed by atoms with Gasteiger partial charge in [-0.25, -0.2) is 4.79 Å². The molecule has 0 aromatic heterocycles. The third-order valence-corrected chi connectivity index (χ3v) is 3.88. The molecule has 0 amide bonds. The Balaban J connectivity index is 2.07. The molecule has 1 aromatic carbocycles. The van der Waals surface area contributed by atoms with Crippen molar-refractivity contribution in [1.82, 2.24) is 0 Å². The van der Waals surface area contributed by atoms with E-state index >= 15 is 0 Å². The minimum atomic E-state index is -4.20. The monoisotopic (exact) mass is 305 g/mol. The Morgan fingerprint density at radius 1 is 1.40 bits per heavy atom. The van der Waals surface area contributed by atoms with E-state index in [0.717, 1.165) is 24.1 Å². The van der Waals surface area contributed by atoms with Crippen molar-refractivity contribution in [3.63, 3.8) is 0 Å². The lowest BCUT2D eigenvalue weighted by atomic mass is 9.99. The lowest BCUT2D eigenvalue weighted by molar-refractivity contribution is -0.0327. The van der Waals surface area contributed by atoms with Gasteiger partial charge in [0, 0.05) is 24.5 Å². The highest BCUT2D eigenvalue weighted by molar-refractivity contribution is 8.00. The molecule has 2 rings (SSSR count). The van der Waals surface area contributed by atoms with E-state index in [1.807, 2.05) is 4.90 Å². The smallest absolute Gasteiger partial charge is 0.441 e.